The Morgan fingerprint density at radius 2 is 1.58 bits per heavy atom. The van der Waals surface area contributed by atoms with Crippen molar-refractivity contribution in [2.45, 2.75) is 13.1 Å². The molecule has 5 nitrogen and oxygen atoms in total. The minimum atomic E-state index is -0.902. The predicted molar refractivity (Wildman–Crippen MR) is 91.5 cm³/mol. The highest BCUT2D eigenvalue weighted by atomic mass is 16.8. The van der Waals surface area contributed by atoms with Gasteiger partial charge in [0.05, 0.1) is 18.4 Å². The third kappa shape index (κ3) is 4.17. The topological polar surface area (TPSA) is 65.0 Å². The van der Waals surface area contributed by atoms with Gasteiger partial charge in [-0.05, 0) is 17.7 Å². The molecule has 0 aliphatic carbocycles. The van der Waals surface area contributed by atoms with Gasteiger partial charge in [0.2, 0.25) is 0 Å². The third-order valence-electron chi connectivity index (χ3n) is 3.76. The van der Waals surface area contributed by atoms with Gasteiger partial charge in [-0.2, -0.15) is 5.23 Å². The van der Waals surface area contributed by atoms with Crippen LogP contribution in [-0.2, 0) is 13.1 Å². The number of benzene rings is 2. The monoisotopic (exact) mass is 321 g/mol. The Balaban J connectivity index is 1.73. The van der Waals surface area contributed by atoms with Crippen LogP contribution in [0.1, 0.15) is 11.1 Å². The van der Waals surface area contributed by atoms with Gasteiger partial charge in [-0.1, -0.05) is 48.5 Å². The predicted octanol–water partition coefficient (Wildman–Crippen LogP) is 2.04. The zero-order valence-corrected chi connectivity index (χ0v) is 13.2. The van der Waals surface area contributed by atoms with Crippen molar-refractivity contribution in [2.24, 2.45) is 4.99 Å². The molecule has 0 aliphatic rings. The Morgan fingerprint density at radius 3 is 2.29 bits per heavy atom. The van der Waals surface area contributed by atoms with E-state index in [1.807, 2.05) is 59.4 Å². The van der Waals surface area contributed by atoms with Gasteiger partial charge in [0.25, 0.3) is 0 Å². The summed E-state index contributed by atoms with van der Waals surface area (Å²) in [7, 11) is 0. The van der Waals surface area contributed by atoms with E-state index in [2.05, 4.69) is 17.1 Å². The highest BCUT2D eigenvalue weighted by Crippen LogP contribution is 2.11. The van der Waals surface area contributed by atoms with Crippen molar-refractivity contribution in [1.29, 1.82) is 0 Å². The molecule has 2 aromatic carbocycles. The van der Waals surface area contributed by atoms with E-state index in [1.165, 1.54) is 5.56 Å². The number of nitrogens with zero attached hydrogens (tertiary/aromatic N) is 2. The standard InChI is InChI=1S/C19H19N3O2/c23-22(24)19-9-5-4-8-17(19)15-21-12-10-18(11-13-21)20-14-16-6-2-1-3-7-16/h1-13,22-23H,14-15H2. The molecular weight excluding hydrogens is 302 g/mol. The zero-order valence-electron chi connectivity index (χ0n) is 13.2. The zero-order chi connectivity index (χ0) is 16.8. The van der Waals surface area contributed by atoms with Gasteiger partial charge in [-0.25, -0.2) is 5.21 Å². The first-order chi connectivity index (χ1) is 11.7. The molecule has 122 valence electrons. The molecule has 2 N–H and O–H groups in total. The number of pyridine rings is 1. The summed E-state index contributed by atoms with van der Waals surface area (Å²) in [6.07, 6.45) is 3.84. The Labute approximate surface area is 140 Å². The number of hydrogen-bond donors (Lipinski definition) is 2. The van der Waals surface area contributed by atoms with E-state index in [9.17, 15) is 10.4 Å². The van der Waals surface area contributed by atoms with Gasteiger partial charge in [-0.15, -0.1) is 0 Å². The van der Waals surface area contributed by atoms with Crippen LogP contribution in [0.2, 0.25) is 0 Å². The molecule has 1 unspecified atom stereocenters. The summed E-state index contributed by atoms with van der Waals surface area (Å²) in [4.78, 5) is 4.56. The number of nitrogens with one attached hydrogen (secondary N) is 1. The quantitative estimate of drug-likeness (QED) is 0.706. The van der Waals surface area contributed by atoms with Crippen molar-refractivity contribution in [1.82, 2.24) is 4.57 Å². The van der Waals surface area contributed by atoms with Crippen LogP contribution in [0.5, 0.6) is 0 Å². The van der Waals surface area contributed by atoms with Gasteiger partial charge in [-0.3, -0.25) is 4.99 Å². The lowest BCUT2D eigenvalue weighted by molar-refractivity contribution is -0.991. The van der Waals surface area contributed by atoms with Crippen LogP contribution in [-0.4, -0.2) is 9.77 Å². The SMILES string of the molecule is [O-][NH+](O)c1ccccc1Cn1ccc(=NCc2ccccc2)cc1. The van der Waals surface area contributed by atoms with Crippen molar-refractivity contribution in [3.05, 3.63) is 101 Å². The maximum Gasteiger partial charge on any atom is 0.168 e. The van der Waals surface area contributed by atoms with Gasteiger partial charge < -0.3 is 9.77 Å². The van der Waals surface area contributed by atoms with E-state index in [4.69, 9.17) is 0 Å². The second-order valence-electron chi connectivity index (χ2n) is 5.49. The largest absolute Gasteiger partial charge is 0.595 e. The summed E-state index contributed by atoms with van der Waals surface area (Å²) < 4.78 is 1.95. The molecule has 0 aliphatic heterocycles. The smallest absolute Gasteiger partial charge is 0.168 e. The lowest BCUT2D eigenvalue weighted by Gasteiger charge is -2.16. The highest BCUT2D eigenvalue weighted by molar-refractivity contribution is 5.39. The molecule has 0 saturated carbocycles. The molecule has 5 heteroatoms. The molecule has 1 aromatic heterocycles. The van der Waals surface area contributed by atoms with Crippen LogP contribution in [0.15, 0.2) is 84.1 Å². The van der Waals surface area contributed by atoms with Crippen LogP contribution < -0.4 is 10.6 Å². The van der Waals surface area contributed by atoms with E-state index in [1.54, 1.807) is 12.1 Å². The summed E-state index contributed by atoms with van der Waals surface area (Å²) >= 11 is 0. The molecule has 0 saturated heterocycles. The van der Waals surface area contributed by atoms with Crippen molar-refractivity contribution in [3.63, 3.8) is 0 Å². The normalized spacial score (nSPS) is 11.9. The first-order valence-corrected chi connectivity index (χ1v) is 7.74. The molecule has 3 aromatic rings. The van der Waals surface area contributed by atoms with Crippen LogP contribution in [0.25, 0.3) is 0 Å². The van der Waals surface area contributed by atoms with E-state index in [0.29, 0.717) is 18.8 Å². The van der Waals surface area contributed by atoms with E-state index < -0.39 is 5.23 Å². The fourth-order valence-corrected chi connectivity index (χ4v) is 2.49. The van der Waals surface area contributed by atoms with Crippen LogP contribution in [0.3, 0.4) is 0 Å². The van der Waals surface area contributed by atoms with Crippen molar-refractivity contribution < 1.29 is 10.4 Å². The Kier molecular flexibility index (Phi) is 5.18. The van der Waals surface area contributed by atoms with Crippen molar-refractivity contribution in [3.8, 4) is 0 Å². The Bertz CT molecular complexity index is 837. The average Bonchev–Trinajstić information content (AvgIpc) is 2.62. The van der Waals surface area contributed by atoms with E-state index in [-0.39, 0.29) is 0 Å². The molecule has 1 heterocycles. The minimum absolute atomic E-state index is 0.336. The molecular formula is C19H19N3O2. The third-order valence-corrected chi connectivity index (χ3v) is 3.76. The molecule has 0 amide bonds. The van der Waals surface area contributed by atoms with Gasteiger partial charge in [0.1, 0.15) is 0 Å². The van der Waals surface area contributed by atoms with Crippen LogP contribution in [0.4, 0.5) is 5.69 Å². The highest BCUT2D eigenvalue weighted by Gasteiger charge is 2.07. The van der Waals surface area contributed by atoms with Crippen LogP contribution >= 0.6 is 0 Å². The number of rotatable bonds is 5. The molecule has 1 atom stereocenters. The molecule has 0 fully saturated rings. The first kappa shape index (κ1) is 16.1. The maximum atomic E-state index is 11.3. The van der Waals surface area contributed by atoms with Gasteiger partial charge in [0.15, 0.2) is 5.69 Å². The summed E-state index contributed by atoms with van der Waals surface area (Å²) in [5, 5.41) is 20.5. The summed E-state index contributed by atoms with van der Waals surface area (Å²) in [5.74, 6) is 0. The summed E-state index contributed by atoms with van der Waals surface area (Å²) in [6, 6.07) is 21.0. The van der Waals surface area contributed by atoms with E-state index in [0.717, 1.165) is 10.9 Å². The Hall–Kier alpha value is -2.73. The number of hydrogen-bond acceptors (Lipinski definition) is 3. The second kappa shape index (κ2) is 7.70. The number of quaternary nitrogens is 1. The summed E-state index contributed by atoms with van der Waals surface area (Å²) in [5.41, 5.74) is 2.29. The lowest BCUT2D eigenvalue weighted by Crippen LogP contribution is -2.99. The minimum Gasteiger partial charge on any atom is -0.595 e. The number of aromatic nitrogens is 1. The maximum absolute atomic E-state index is 11.3. The van der Waals surface area contributed by atoms with Crippen LogP contribution in [0, 0.1) is 5.21 Å². The molecule has 0 bridgehead atoms. The molecule has 0 spiro atoms. The summed E-state index contributed by atoms with van der Waals surface area (Å²) in [6.45, 7) is 1.16. The fourth-order valence-electron chi connectivity index (χ4n) is 2.49. The molecule has 24 heavy (non-hydrogen) atoms. The fraction of sp³-hybridized carbons (Fsp3) is 0.105. The van der Waals surface area contributed by atoms with Gasteiger partial charge >= 0.3 is 0 Å². The lowest BCUT2D eigenvalue weighted by atomic mass is 10.2. The molecule has 3 rings (SSSR count). The first-order valence-electron chi connectivity index (χ1n) is 7.74. The van der Waals surface area contributed by atoms with E-state index >= 15 is 0 Å². The van der Waals surface area contributed by atoms with Gasteiger partial charge in [0, 0.05) is 24.0 Å². The van der Waals surface area contributed by atoms with Crippen molar-refractivity contribution in [2.75, 3.05) is 0 Å². The average molecular weight is 321 g/mol. The second-order valence-corrected chi connectivity index (χ2v) is 5.49. The number of para-hydroxylation sites is 1. The Morgan fingerprint density at radius 1 is 0.917 bits per heavy atom. The van der Waals surface area contributed by atoms with Crippen molar-refractivity contribution >= 4 is 5.69 Å². The molecule has 0 radical (unpaired) electrons.